The number of pyridine rings is 1. The highest BCUT2D eigenvalue weighted by Gasteiger charge is 2.14. The number of hydrogen-bond acceptors (Lipinski definition) is 2. The molecule has 0 bridgehead atoms. The quantitative estimate of drug-likeness (QED) is 0.756. The summed E-state index contributed by atoms with van der Waals surface area (Å²) in [6.07, 6.45) is 1.87. The zero-order valence-electron chi connectivity index (χ0n) is 11.8. The first-order valence-corrected chi connectivity index (χ1v) is 7.72. The molecule has 0 aliphatic heterocycles. The van der Waals surface area contributed by atoms with E-state index in [1.54, 1.807) is 6.20 Å². The molecule has 0 amide bonds. The number of aromatic nitrogens is 1. The summed E-state index contributed by atoms with van der Waals surface area (Å²) in [7, 11) is 0. The van der Waals surface area contributed by atoms with Crippen LogP contribution >= 0.6 is 15.9 Å². The van der Waals surface area contributed by atoms with Crippen molar-refractivity contribution in [2.45, 2.75) is 19.4 Å². The molecule has 106 valence electrons. The van der Waals surface area contributed by atoms with Crippen LogP contribution in [0.5, 0.6) is 0 Å². The summed E-state index contributed by atoms with van der Waals surface area (Å²) in [5, 5.41) is 11.7. The Bertz CT molecular complexity index is 780. The zero-order valence-corrected chi connectivity index (χ0v) is 13.3. The maximum Gasteiger partial charge on any atom is 0.0833 e. The molecular formula is C18H16BrNO. The van der Waals surface area contributed by atoms with E-state index in [-0.39, 0.29) is 0 Å². The lowest BCUT2D eigenvalue weighted by atomic mass is 9.96. The average Bonchev–Trinajstić information content (AvgIpc) is 2.50. The number of para-hydroxylation sites is 1. The summed E-state index contributed by atoms with van der Waals surface area (Å²) in [4.78, 5) is 4.36. The van der Waals surface area contributed by atoms with E-state index < -0.39 is 6.10 Å². The van der Waals surface area contributed by atoms with Gasteiger partial charge in [-0.2, -0.15) is 0 Å². The third-order valence-corrected chi connectivity index (χ3v) is 4.68. The van der Waals surface area contributed by atoms with Gasteiger partial charge in [-0.15, -0.1) is 0 Å². The Hall–Kier alpha value is -1.71. The molecule has 0 saturated carbocycles. The lowest BCUT2D eigenvalue weighted by molar-refractivity contribution is 0.178. The van der Waals surface area contributed by atoms with Crippen molar-refractivity contribution in [2.24, 2.45) is 0 Å². The molecule has 3 aromatic rings. The number of benzene rings is 2. The SMILES string of the molecule is Cc1c(Br)cccc1C(O)Cc1ccnc2ccccc12. The van der Waals surface area contributed by atoms with E-state index in [1.165, 1.54) is 0 Å². The van der Waals surface area contributed by atoms with Crippen LogP contribution in [0.3, 0.4) is 0 Å². The largest absolute Gasteiger partial charge is 0.388 e. The van der Waals surface area contributed by atoms with Gasteiger partial charge in [-0.05, 0) is 41.8 Å². The van der Waals surface area contributed by atoms with Gasteiger partial charge in [0.2, 0.25) is 0 Å². The Balaban J connectivity index is 1.97. The first-order chi connectivity index (χ1) is 10.2. The van der Waals surface area contributed by atoms with Crippen LogP contribution in [0, 0.1) is 6.92 Å². The molecule has 2 aromatic carbocycles. The zero-order chi connectivity index (χ0) is 14.8. The first-order valence-electron chi connectivity index (χ1n) is 6.92. The minimum atomic E-state index is -0.520. The van der Waals surface area contributed by atoms with Crippen molar-refractivity contribution >= 4 is 26.8 Å². The minimum Gasteiger partial charge on any atom is -0.388 e. The Morgan fingerprint density at radius 2 is 1.90 bits per heavy atom. The Labute approximate surface area is 132 Å². The number of rotatable bonds is 3. The van der Waals surface area contributed by atoms with E-state index >= 15 is 0 Å². The number of nitrogens with zero attached hydrogens (tertiary/aromatic N) is 1. The number of hydrogen-bond donors (Lipinski definition) is 1. The minimum absolute atomic E-state index is 0.520. The van der Waals surface area contributed by atoms with Crippen LogP contribution in [-0.2, 0) is 6.42 Å². The highest BCUT2D eigenvalue weighted by Crippen LogP contribution is 2.28. The van der Waals surface area contributed by atoms with Gasteiger partial charge >= 0.3 is 0 Å². The maximum atomic E-state index is 10.6. The van der Waals surface area contributed by atoms with Crippen LogP contribution in [0.4, 0.5) is 0 Å². The predicted molar refractivity (Wildman–Crippen MR) is 89.3 cm³/mol. The maximum absolute atomic E-state index is 10.6. The van der Waals surface area contributed by atoms with Crippen molar-refractivity contribution in [3.8, 4) is 0 Å². The number of aliphatic hydroxyl groups is 1. The topological polar surface area (TPSA) is 33.1 Å². The molecule has 1 aromatic heterocycles. The van der Waals surface area contributed by atoms with Gasteiger partial charge in [0.1, 0.15) is 0 Å². The van der Waals surface area contributed by atoms with Crippen molar-refractivity contribution in [3.05, 3.63) is 75.9 Å². The van der Waals surface area contributed by atoms with E-state index in [0.29, 0.717) is 6.42 Å². The summed E-state index contributed by atoms with van der Waals surface area (Å²) in [5.74, 6) is 0. The molecule has 3 rings (SSSR count). The van der Waals surface area contributed by atoms with E-state index in [4.69, 9.17) is 0 Å². The lowest BCUT2D eigenvalue weighted by Crippen LogP contribution is -2.05. The molecule has 0 saturated heterocycles. The monoisotopic (exact) mass is 341 g/mol. The van der Waals surface area contributed by atoms with Crippen molar-refractivity contribution in [1.82, 2.24) is 4.98 Å². The molecule has 0 radical (unpaired) electrons. The Kier molecular flexibility index (Phi) is 4.04. The molecule has 1 heterocycles. The van der Waals surface area contributed by atoms with Crippen molar-refractivity contribution in [1.29, 1.82) is 0 Å². The van der Waals surface area contributed by atoms with E-state index in [9.17, 15) is 5.11 Å². The molecule has 1 atom stereocenters. The molecule has 0 aliphatic carbocycles. The fourth-order valence-electron chi connectivity index (χ4n) is 2.64. The second-order valence-corrected chi connectivity index (χ2v) is 6.02. The van der Waals surface area contributed by atoms with Crippen molar-refractivity contribution < 1.29 is 5.11 Å². The molecule has 0 fully saturated rings. The standard InChI is InChI=1S/C18H16BrNO/c1-12-14(6-4-7-16(12)19)18(21)11-13-9-10-20-17-8-3-2-5-15(13)17/h2-10,18,21H,11H2,1H3. The third-order valence-electron chi connectivity index (χ3n) is 3.82. The van der Waals surface area contributed by atoms with Gasteiger partial charge in [0.25, 0.3) is 0 Å². The van der Waals surface area contributed by atoms with Crippen LogP contribution < -0.4 is 0 Å². The summed E-state index contributed by atoms with van der Waals surface area (Å²) in [6.45, 7) is 2.02. The summed E-state index contributed by atoms with van der Waals surface area (Å²) < 4.78 is 1.03. The van der Waals surface area contributed by atoms with E-state index in [1.807, 2.05) is 49.4 Å². The second-order valence-electron chi connectivity index (χ2n) is 5.16. The smallest absolute Gasteiger partial charge is 0.0833 e. The number of halogens is 1. The molecule has 1 unspecified atom stereocenters. The van der Waals surface area contributed by atoms with Gasteiger partial charge in [0.15, 0.2) is 0 Å². The lowest BCUT2D eigenvalue weighted by Gasteiger charge is -2.16. The summed E-state index contributed by atoms with van der Waals surface area (Å²) in [5.41, 5.74) is 4.13. The molecule has 2 nitrogen and oxygen atoms in total. The third kappa shape index (κ3) is 2.85. The van der Waals surface area contributed by atoms with Crippen LogP contribution in [0.25, 0.3) is 10.9 Å². The first kappa shape index (κ1) is 14.2. The molecule has 0 spiro atoms. The normalized spacial score (nSPS) is 12.5. The highest BCUT2D eigenvalue weighted by molar-refractivity contribution is 9.10. The number of aliphatic hydroxyl groups excluding tert-OH is 1. The number of fused-ring (bicyclic) bond motifs is 1. The average molecular weight is 342 g/mol. The summed E-state index contributed by atoms with van der Waals surface area (Å²) >= 11 is 3.52. The van der Waals surface area contributed by atoms with Gasteiger partial charge in [0.05, 0.1) is 11.6 Å². The van der Waals surface area contributed by atoms with Crippen molar-refractivity contribution in [2.75, 3.05) is 0 Å². The van der Waals surface area contributed by atoms with E-state index in [2.05, 4.69) is 27.0 Å². The Morgan fingerprint density at radius 3 is 2.76 bits per heavy atom. The van der Waals surface area contributed by atoms with Gasteiger partial charge < -0.3 is 5.11 Å². The fraction of sp³-hybridized carbons (Fsp3) is 0.167. The molecule has 1 N–H and O–H groups in total. The van der Waals surface area contributed by atoms with Gasteiger partial charge in [0, 0.05) is 22.5 Å². The fourth-order valence-corrected chi connectivity index (χ4v) is 3.02. The van der Waals surface area contributed by atoms with Crippen LogP contribution in [0.2, 0.25) is 0 Å². The van der Waals surface area contributed by atoms with Crippen molar-refractivity contribution in [3.63, 3.8) is 0 Å². The highest BCUT2D eigenvalue weighted by atomic mass is 79.9. The predicted octanol–water partition coefficient (Wildman–Crippen LogP) is 4.58. The Morgan fingerprint density at radius 1 is 1.10 bits per heavy atom. The molecule has 3 heteroatoms. The molecular weight excluding hydrogens is 326 g/mol. The molecule has 0 aliphatic rings. The van der Waals surface area contributed by atoms with E-state index in [0.717, 1.165) is 32.1 Å². The van der Waals surface area contributed by atoms with Gasteiger partial charge in [-0.25, -0.2) is 0 Å². The van der Waals surface area contributed by atoms with Gasteiger partial charge in [-0.1, -0.05) is 46.3 Å². The van der Waals surface area contributed by atoms with Crippen LogP contribution in [-0.4, -0.2) is 10.1 Å². The second kappa shape index (κ2) is 5.96. The van der Waals surface area contributed by atoms with Crippen LogP contribution in [0.1, 0.15) is 22.8 Å². The molecule has 21 heavy (non-hydrogen) atoms. The van der Waals surface area contributed by atoms with Crippen LogP contribution in [0.15, 0.2) is 59.2 Å². The summed E-state index contributed by atoms with van der Waals surface area (Å²) in [6, 6.07) is 16.0. The van der Waals surface area contributed by atoms with Gasteiger partial charge in [-0.3, -0.25) is 4.98 Å².